The van der Waals surface area contributed by atoms with Crippen molar-refractivity contribution in [3.63, 3.8) is 0 Å². The summed E-state index contributed by atoms with van der Waals surface area (Å²) in [6.07, 6.45) is 0. The maximum Gasteiger partial charge on any atom is 0.210 e. The molecule has 0 bridgehead atoms. The van der Waals surface area contributed by atoms with E-state index in [9.17, 15) is 4.39 Å². The predicted molar refractivity (Wildman–Crippen MR) is 106 cm³/mol. The van der Waals surface area contributed by atoms with Crippen molar-refractivity contribution in [2.45, 2.75) is 6.61 Å². The van der Waals surface area contributed by atoms with Gasteiger partial charge in [0.1, 0.15) is 18.2 Å². The second kappa shape index (κ2) is 7.97. The second-order valence-electron chi connectivity index (χ2n) is 5.81. The molecule has 3 aromatic carbocycles. The number of rotatable bonds is 6. The minimum absolute atomic E-state index is 0.258. The van der Waals surface area contributed by atoms with Crippen LogP contribution in [-0.4, -0.2) is 10.2 Å². The summed E-state index contributed by atoms with van der Waals surface area (Å²) in [5, 5.41) is 13.2. The zero-order valence-corrected chi connectivity index (χ0v) is 15.1. The fourth-order valence-corrected chi connectivity index (χ4v) is 3.33. The second-order valence-corrected chi connectivity index (χ2v) is 6.79. The molecule has 0 aliphatic rings. The third-order valence-electron chi connectivity index (χ3n) is 3.88. The van der Waals surface area contributed by atoms with Gasteiger partial charge in [-0.1, -0.05) is 53.8 Å². The van der Waals surface area contributed by atoms with Crippen molar-refractivity contribution in [2.75, 3.05) is 5.32 Å². The highest BCUT2D eigenvalue weighted by Crippen LogP contribution is 2.34. The largest absolute Gasteiger partial charge is 0.488 e. The number of nitrogens with zero attached hydrogens (tertiary/aromatic N) is 2. The number of aromatic nitrogens is 2. The molecule has 6 heteroatoms. The highest BCUT2D eigenvalue weighted by atomic mass is 32.1. The van der Waals surface area contributed by atoms with Crippen LogP contribution >= 0.6 is 11.3 Å². The zero-order chi connectivity index (χ0) is 18.5. The van der Waals surface area contributed by atoms with Crippen LogP contribution in [0.1, 0.15) is 5.56 Å². The van der Waals surface area contributed by atoms with Crippen molar-refractivity contribution < 1.29 is 9.13 Å². The molecule has 4 aromatic rings. The van der Waals surface area contributed by atoms with Crippen molar-refractivity contribution in [2.24, 2.45) is 0 Å². The van der Waals surface area contributed by atoms with E-state index in [1.165, 1.54) is 23.5 Å². The van der Waals surface area contributed by atoms with Crippen LogP contribution in [0.3, 0.4) is 0 Å². The van der Waals surface area contributed by atoms with Gasteiger partial charge in [-0.05, 0) is 42.0 Å². The number of para-hydroxylation sites is 2. The summed E-state index contributed by atoms with van der Waals surface area (Å²) in [7, 11) is 0. The maximum absolute atomic E-state index is 13.0. The normalized spacial score (nSPS) is 10.6. The van der Waals surface area contributed by atoms with E-state index in [1.807, 2.05) is 54.6 Å². The molecule has 134 valence electrons. The Hall–Kier alpha value is -3.25. The summed E-state index contributed by atoms with van der Waals surface area (Å²) in [6.45, 7) is 0.352. The molecule has 1 heterocycles. The molecule has 4 rings (SSSR count). The summed E-state index contributed by atoms with van der Waals surface area (Å²) in [5.41, 5.74) is 2.73. The van der Waals surface area contributed by atoms with Crippen LogP contribution in [0, 0.1) is 5.82 Å². The van der Waals surface area contributed by atoms with Crippen molar-refractivity contribution in [1.82, 2.24) is 10.2 Å². The van der Waals surface area contributed by atoms with E-state index in [4.69, 9.17) is 4.74 Å². The molecule has 0 aliphatic heterocycles. The number of benzene rings is 3. The summed E-state index contributed by atoms with van der Waals surface area (Å²) in [5.74, 6) is 0.454. The van der Waals surface area contributed by atoms with Gasteiger partial charge in [-0.3, -0.25) is 0 Å². The SMILES string of the molecule is Fc1ccc(COc2ccccc2-c2nnc(Nc3ccccc3)s2)cc1. The number of hydrogen-bond donors (Lipinski definition) is 1. The van der Waals surface area contributed by atoms with Gasteiger partial charge < -0.3 is 10.1 Å². The number of ether oxygens (including phenoxy) is 1. The van der Waals surface area contributed by atoms with Crippen LogP contribution in [0.2, 0.25) is 0 Å². The molecular weight excluding hydrogens is 361 g/mol. The first-order valence-corrected chi connectivity index (χ1v) is 9.22. The van der Waals surface area contributed by atoms with Crippen LogP contribution in [0.15, 0.2) is 78.9 Å². The van der Waals surface area contributed by atoms with Gasteiger partial charge in [0.25, 0.3) is 0 Å². The molecule has 0 saturated heterocycles. The maximum atomic E-state index is 13.0. The van der Waals surface area contributed by atoms with E-state index < -0.39 is 0 Å². The Morgan fingerprint density at radius 1 is 0.852 bits per heavy atom. The number of hydrogen-bond acceptors (Lipinski definition) is 5. The van der Waals surface area contributed by atoms with E-state index >= 15 is 0 Å². The first-order valence-electron chi connectivity index (χ1n) is 8.40. The molecule has 0 amide bonds. The lowest BCUT2D eigenvalue weighted by atomic mass is 10.2. The van der Waals surface area contributed by atoms with Crippen LogP contribution in [0.5, 0.6) is 5.75 Å². The molecule has 4 nitrogen and oxygen atoms in total. The molecule has 0 unspecified atom stereocenters. The standard InChI is InChI=1S/C21H16FN3OS/c22-16-12-10-15(11-13-16)14-26-19-9-5-4-8-18(19)20-24-25-21(27-20)23-17-6-2-1-3-7-17/h1-13H,14H2,(H,23,25). The van der Waals surface area contributed by atoms with Gasteiger partial charge in [-0.15, -0.1) is 10.2 Å². The Morgan fingerprint density at radius 3 is 2.41 bits per heavy atom. The molecule has 0 fully saturated rings. The van der Waals surface area contributed by atoms with Gasteiger partial charge in [0.05, 0.1) is 5.56 Å². The number of nitrogens with one attached hydrogen (secondary N) is 1. The quantitative estimate of drug-likeness (QED) is 0.470. The summed E-state index contributed by atoms with van der Waals surface area (Å²) in [4.78, 5) is 0. The minimum Gasteiger partial charge on any atom is -0.488 e. The lowest BCUT2D eigenvalue weighted by Crippen LogP contribution is -1.97. The van der Waals surface area contributed by atoms with E-state index in [0.717, 1.165) is 21.8 Å². The average Bonchev–Trinajstić information content (AvgIpc) is 3.17. The van der Waals surface area contributed by atoms with Gasteiger partial charge in [0.2, 0.25) is 5.13 Å². The van der Waals surface area contributed by atoms with Crippen molar-refractivity contribution in [3.8, 4) is 16.3 Å². The highest BCUT2D eigenvalue weighted by molar-refractivity contribution is 7.18. The average molecular weight is 377 g/mol. The molecule has 1 N–H and O–H groups in total. The number of halogens is 1. The third-order valence-corrected chi connectivity index (χ3v) is 4.75. The molecule has 0 atom stereocenters. The zero-order valence-electron chi connectivity index (χ0n) is 14.3. The van der Waals surface area contributed by atoms with E-state index in [0.29, 0.717) is 17.5 Å². The smallest absolute Gasteiger partial charge is 0.210 e. The molecule has 0 radical (unpaired) electrons. The van der Waals surface area contributed by atoms with Crippen LogP contribution in [-0.2, 0) is 6.61 Å². The lowest BCUT2D eigenvalue weighted by molar-refractivity contribution is 0.307. The van der Waals surface area contributed by atoms with E-state index in [1.54, 1.807) is 12.1 Å². The van der Waals surface area contributed by atoms with Crippen molar-refractivity contribution >= 4 is 22.2 Å². The van der Waals surface area contributed by atoms with Gasteiger partial charge >= 0.3 is 0 Å². The molecule has 27 heavy (non-hydrogen) atoms. The third kappa shape index (κ3) is 4.30. The highest BCUT2D eigenvalue weighted by Gasteiger charge is 2.12. The first kappa shape index (κ1) is 17.2. The molecular formula is C21H16FN3OS. The Morgan fingerprint density at radius 2 is 1.59 bits per heavy atom. The lowest BCUT2D eigenvalue weighted by Gasteiger charge is -2.09. The van der Waals surface area contributed by atoms with E-state index in [2.05, 4.69) is 15.5 Å². The Kier molecular flexibility index (Phi) is 5.07. The fourth-order valence-electron chi connectivity index (χ4n) is 2.54. The Bertz CT molecular complexity index is 1020. The van der Waals surface area contributed by atoms with Gasteiger partial charge in [-0.2, -0.15) is 0 Å². The Labute approximate surface area is 160 Å². The monoisotopic (exact) mass is 377 g/mol. The van der Waals surface area contributed by atoms with Gasteiger partial charge in [0.15, 0.2) is 5.01 Å². The van der Waals surface area contributed by atoms with E-state index in [-0.39, 0.29) is 5.82 Å². The predicted octanol–water partition coefficient (Wildman–Crippen LogP) is 5.67. The summed E-state index contributed by atoms with van der Waals surface area (Å²) < 4.78 is 19.0. The molecule has 0 aliphatic carbocycles. The summed E-state index contributed by atoms with van der Waals surface area (Å²) in [6, 6.07) is 23.8. The van der Waals surface area contributed by atoms with Gasteiger partial charge in [0, 0.05) is 5.69 Å². The van der Waals surface area contributed by atoms with Crippen LogP contribution < -0.4 is 10.1 Å². The molecule has 0 spiro atoms. The fraction of sp³-hybridized carbons (Fsp3) is 0.0476. The first-order chi connectivity index (χ1) is 13.3. The van der Waals surface area contributed by atoms with Crippen molar-refractivity contribution in [3.05, 3.63) is 90.2 Å². The molecule has 1 aromatic heterocycles. The van der Waals surface area contributed by atoms with Crippen molar-refractivity contribution in [1.29, 1.82) is 0 Å². The Balaban J connectivity index is 1.51. The summed E-state index contributed by atoms with van der Waals surface area (Å²) >= 11 is 1.46. The number of anilines is 2. The topological polar surface area (TPSA) is 47.0 Å². The van der Waals surface area contributed by atoms with Gasteiger partial charge in [-0.25, -0.2) is 4.39 Å². The van der Waals surface area contributed by atoms with Crippen LogP contribution in [0.4, 0.5) is 15.2 Å². The molecule has 0 saturated carbocycles. The van der Waals surface area contributed by atoms with Crippen LogP contribution in [0.25, 0.3) is 10.6 Å². The minimum atomic E-state index is -0.258.